The lowest BCUT2D eigenvalue weighted by molar-refractivity contribution is -0.136. The van der Waals surface area contributed by atoms with Crippen molar-refractivity contribution in [2.45, 2.75) is 6.18 Å². The fourth-order valence-electron chi connectivity index (χ4n) is 0.784. The smallest absolute Gasteiger partial charge is 0.418 e. The highest BCUT2D eigenvalue weighted by Gasteiger charge is 2.33. The molecule has 0 radical (unpaired) electrons. The highest BCUT2D eigenvalue weighted by atomic mass is 35.5. The standard InChI is InChI=1S/C7H5ClF3N.ClH/c8-5-3-1-2-4(6(5)12)7(9,10)11;/h1-3H,12H2;1H/p-1. The fourth-order valence-corrected chi connectivity index (χ4v) is 0.959. The first-order valence-corrected chi connectivity index (χ1v) is 3.42. The number of hydrogen-bond acceptors (Lipinski definition) is 1. The maximum Gasteiger partial charge on any atom is 0.418 e. The van der Waals surface area contributed by atoms with Gasteiger partial charge in [0.05, 0.1) is 16.3 Å². The number of halogens is 5. The molecule has 6 heteroatoms. The van der Waals surface area contributed by atoms with E-state index in [1.165, 1.54) is 12.1 Å². The molecule has 0 aliphatic carbocycles. The summed E-state index contributed by atoms with van der Waals surface area (Å²) in [7, 11) is 0. The van der Waals surface area contributed by atoms with Crippen LogP contribution in [-0.4, -0.2) is 0 Å². The topological polar surface area (TPSA) is 26.0 Å². The molecule has 0 saturated heterocycles. The van der Waals surface area contributed by atoms with Crippen LogP contribution in [-0.2, 0) is 6.18 Å². The Bertz CT molecular complexity index is 298. The van der Waals surface area contributed by atoms with Crippen LogP contribution >= 0.6 is 11.6 Å². The zero-order valence-corrected chi connectivity index (χ0v) is 7.71. The van der Waals surface area contributed by atoms with Crippen molar-refractivity contribution in [1.29, 1.82) is 0 Å². The van der Waals surface area contributed by atoms with Crippen LogP contribution in [0, 0.1) is 0 Å². The maximum absolute atomic E-state index is 12.1. The highest BCUT2D eigenvalue weighted by Crippen LogP contribution is 2.36. The van der Waals surface area contributed by atoms with Crippen LogP contribution in [0.2, 0.25) is 5.02 Å². The van der Waals surface area contributed by atoms with Gasteiger partial charge in [0.1, 0.15) is 0 Å². The summed E-state index contributed by atoms with van der Waals surface area (Å²) < 4.78 is 36.3. The molecule has 1 nitrogen and oxygen atoms in total. The molecule has 0 fully saturated rings. The van der Waals surface area contributed by atoms with E-state index in [2.05, 4.69) is 0 Å². The Labute approximate surface area is 84.1 Å². The van der Waals surface area contributed by atoms with Gasteiger partial charge in [-0.1, -0.05) is 17.7 Å². The molecule has 2 N–H and O–H groups in total. The van der Waals surface area contributed by atoms with E-state index >= 15 is 0 Å². The number of benzene rings is 1. The zero-order valence-electron chi connectivity index (χ0n) is 6.20. The van der Waals surface area contributed by atoms with Gasteiger partial charge in [0.25, 0.3) is 0 Å². The molecular formula is C7H5Cl2F3N-. The summed E-state index contributed by atoms with van der Waals surface area (Å²) in [5, 5.41) is -0.0789. The summed E-state index contributed by atoms with van der Waals surface area (Å²) in [5.74, 6) is 0. The van der Waals surface area contributed by atoms with E-state index in [-0.39, 0.29) is 17.4 Å². The highest BCUT2D eigenvalue weighted by molar-refractivity contribution is 6.33. The quantitative estimate of drug-likeness (QED) is 0.622. The SMILES string of the molecule is Nc1c(Cl)cccc1C(F)(F)F.[Cl-]. The van der Waals surface area contributed by atoms with E-state index in [0.29, 0.717) is 0 Å². The number of rotatable bonds is 0. The van der Waals surface area contributed by atoms with Crippen LogP contribution in [0.15, 0.2) is 18.2 Å². The summed E-state index contributed by atoms with van der Waals surface area (Å²) in [6, 6.07) is 3.41. The lowest BCUT2D eigenvalue weighted by Crippen LogP contribution is -3.00. The van der Waals surface area contributed by atoms with Gasteiger partial charge in [0.15, 0.2) is 0 Å². The van der Waals surface area contributed by atoms with Gasteiger partial charge in [0.2, 0.25) is 0 Å². The fraction of sp³-hybridized carbons (Fsp3) is 0.143. The van der Waals surface area contributed by atoms with Crippen molar-refractivity contribution in [2.24, 2.45) is 0 Å². The van der Waals surface area contributed by atoms with E-state index in [9.17, 15) is 13.2 Å². The third-order valence-corrected chi connectivity index (χ3v) is 1.69. The van der Waals surface area contributed by atoms with E-state index in [1.54, 1.807) is 0 Å². The minimum atomic E-state index is -4.44. The Kier molecular flexibility index (Phi) is 3.88. The molecule has 0 heterocycles. The largest absolute Gasteiger partial charge is 1.00 e. The number of nitrogens with two attached hydrogens (primary N) is 1. The number of nitrogen functional groups attached to an aromatic ring is 1. The first-order chi connectivity index (χ1) is 5.43. The molecule has 0 aliphatic rings. The average molecular weight is 231 g/mol. The van der Waals surface area contributed by atoms with E-state index in [4.69, 9.17) is 17.3 Å². The summed E-state index contributed by atoms with van der Waals surface area (Å²) in [6.07, 6.45) is -4.44. The van der Waals surface area contributed by atoms with Crippen molar-refractivity contribution in [3.63, 3.8) is 0 Å². The molecule has 0 aliphatic heterocycles. The normalized spacial score (nSPS) is 10.8. The molecule has 1 rings (SSSR count). The van der Waals surface area contributed by atoms with Crippen LogP contribution in [0.3, 0.4) is 0 Å². The van der Waals surface area contributed by atoms with Gasteiger partial charge in [0, 0.05) is 0 Å². The molecule has 0 bridgehead atoms. The Hall–Kier alpha value is -0.610. The molecule has 0 unspecified atom stereocenters. The Balaban J connectivity index is 0.00000144. The molecule has 13 heavy (non-hydrogen) atoms. The van der Waals surface area contributed by atoms with Crippen LogP contribution < -0.4 is 18.1 Å². The second-order valence-corrected chi connectivity index (χ2v) is 2.61. The summed E-state index contributed by atoms with van der Waals surface area (Å²) in [6.45, 7) is 0. The zero-order chi connectivity index (χ0) is 9.35. The van der Waals surface area contributed by atoms with Crippen LogP contribution in [0.1, 0.15) is 5.56 Å². The minimum Gasteiger partial charge on any atom is -1.00 e. The van der Waals surface area contributed by atoms with Crippen molar-refractivity contribution in [3.8, 4) is 0 Å². The van der Waals surface area contributed by atoms with Crippen molar-refractivity contribution in [3.05, 3.63) is 28.8 Å². The van der Waals surface area contributed by atoms with E-state index in [1.807, 2.05) is 0 Å². The molecule has 1 aromatic carbocycles. The van der Waals surface area contributed by atoms with Gasteiger partial charge in [-0.3, -0.25) is 0 Å². The predicted octanol–water partition coefficient (Wildman–Crippen LogP) is -0.0550. The first-order valence-electron chi connectivity index (χ1n) is 3.04. The molecular weight excluding hydrogens is 226 g/mol. The van der Waals surface area contributed by atoms with Crippen LogP contribution in [0.25, 0.3) is 0 Å². The minimum absolute atomic E-state index is 0. The maximum atomic E-state index is 12.1. The lowest BCUT2D eigenvalue weighted by atomic mass is 10.2. The molecule has 74 valence electrons. The van der Waals surface area contributed by atoms with Crippen LogP contribution in [0.5, 0.6) is 0 Å². The molecule has 0 spiro atoms. The number of hydrogen-bond donors (Lipinski definition) is 1. The first kappa shape index (κ1) is 12.4. The average Bonchev–Trinajstić information content (AvgIpc) is 1.92. The third-order valence-electron chi connectivity index (χ3n) is 1.36. The molecule has 0 aromatic heterocycles. The van der Waals surface area contributed by atoms with E-state index in [0.717, 1.165) is 6.07 Å². The Morgan fingerprint density at radius 3 is 2.15 bits per heavy atom. The van der Waals surface area contributed by atoms with Gasteiger partial charge >= 0.3 is 6.18 Å². The molecule has 0 atom stereocenters. The van der Waals surface area contributed by atoms with Gasteiger partial charge in [-0.2, -0.15) is 13.2 Å². The summed E-state index contributed by atoms with van der Waals surface area (Å²) in [4.78, 5) is 0. The van der Waals surface area contributed by atoms with Crippen molar-refractivity contribution < 1.29 is 25.6 Å². The number of para-hydroxylation sites is 1. The van der Waals surface area contributed by atoms with Crippen molar-refractivity contribution in [2.75, 3.05) is 5.73 Å². The molecule has 0 saturated carbocycles. The number of alkyl halides is 3. The van der Waals surface area contributed by atoms with Gasteiger partial charge in [-0.25, -0.2) is 0 Å². The molecule has 1 aromatic rings. The number of anilines is 1. The lowest BCUT2D eigenvalue weighted by Gasteiger charge is -2.09. The second kappa shape index (κ2) is 4.07. The van der Waals surface area contributed by atoms with Gasteiger partial charge < -0.3 is 18.1 Å². The second-order valence-electron chi connectivity index (χ2n) is 2.20. The summed E-state index contributed by atoms with van der Waals surface area (Å²) in [5.41, 5.74) is 3.80. The molecule has 0 amide bonds. The predicted molar refractivity (Wildman–Crippen MR) is 40.9 cm³/mol. The van der Waals surface area contributed by atoms with Crippen molar-refractivity contribution in [1.82, 2.24) is 0 Å². The third kappa shape index (κ3) is 2.67. The Morgan fingerprint density at radius 1 is 1.23 bits per heavy atom. The van der Waals surface area contributed by atoms with E-state index < -0.39 is 17.4 Å². The van der Waals surface area contributed by atoms with Crippen molar-refractivity contribution >= 4 is 17.3 Å². The Morgan fingerprint density at radius 2 is 1.77 bits per heavy atom. The van der Waals surface area contributed by atoms with Gasteiger partial charge in [-0.05, 0) is 12.1 Å². The van der Waals surface area contributed by atoms with Crippen LogP contribution in [0.4, 0.5) is 18.9 Å². The monoisotopic (exact) mass is 230 g/mol. The summed E-state index contributed by atoms with van der Waals surface area (Å²) >= 11 is 5.39. The van der Waals surface area contributed by atoms with Gasteiger partial charge in [-0.15, -0.1) is 0 Å².